The summed E-state index contributed by atoms with van der Waals surface area (Å²) in [7, 11) is -5.33. The van der Waals surface area contributed by atoms with Gasteiger partial charge in [0.1, 0.15) is 6.61 Å². The Kier molecular flexibility index (Phi) is 5.40. The van der Waals surface area contributed by atoms with Gasteiger partial charge in [-0.3, -0.25) is 4.79 Å². The Hall–Kier alpha value is -2.34. The van der Waals surface area contributed by atoms with Gasteiger partial charge >= 0.3 is 11.5 Å². The third-order valence-electron chi connectivity index (χ3n) is 7.46. The fourth-order valence-corrected chi connectivity index (χ4v) is 6.62. The van der Waals surface area contributed by atoms with E-state index in [2.05, 4.69) is 5.32 Å². The monoisotopic (exact) mass is 501 g/mol. The molecule has 1 atom stereocenters. The SMILES string of the molecule is O=C1COCC2(CN(C(=O)N3CC4(CC[C@H](Cc5ccc(S(=O)(=O)C(F)(F)F)cc5)C4)C3)C2)N1. The predicted octanol–water partition coefficient (Wildman–Crippen LogP) is 1.95. The number of hydrogen-bond donors (Lipinski definition) is 1. The quantitative estimate of drug-likeness (QED) is 0.683. The van der Waals surface area contributed by atoms with Gasteiger partial charge in [-0.15, -0.1) is 0 Å². The van der Waals surface area contributed by atoms with Crippen LogP contribution in [0.3, 0.4) is 0 Å². The molecule has 0 aromatic heterocycles. The van der Waals surface area contributed by atoms with Crippen molar-refractivity contribution in [3.05, 3.63) is 29.8 Å². The van der Waals surface area contributed by atoms with Crippen LogP contribution < -0.4 is 5.32 Å². The molecule has 8 nitrogen and oxygen atoms in total. The first-order valence-electron chi connectivity index (χ1n) is 11.2. The van der Waals surface area contributed by atoms with Crippen molar-refractivity contribution in [2.45, 2.75) is 41.6 Å². The van der Waals surface area contributed by atoms with Crippen molar-refractivity contribution in [2.24, 2.45) is 11.3 Å². The molecule has 0 bridgehead atoms. The summed E-state index contributed by atoms with van der Waals surface area (Å²) in [6.45, 7) is 2.72. The van der Waals surface area contributed by atoms with Crippen LogP contribution >= 0.6 is 0 Å². The highest BCUT2D eigenvalue weighted by Crippen LogP contribution is 2.49. The summed E-state index contributed by atoms with van der Waals surface area (Å²) in [4.78, 5) is 27.2. The van der Waals surface area contributed by atoms with Crippen LogP contribution in [-0.4, -0.2) is 80.6 Å². The Morgan fingerprint density at radius 2 is 1.76 bits per heavy atom. The number of urea groups is 1. The molecule has 1 aliphatic carbocycles. The minimum Gasteiger partial charge on any atom is -0.369 e. The van der Waals surface area contributed by atoms with Gasteiger partial charge in [0.25, 0.3) is 9.84 Å². The molecule has 3 amide bonds. The summed E-state index contributed by atoms with van der Waals surface area (Å²) in [6.07, 6.45) is 3.53. The first kappa shape index (κ1) is 23.4. The summed E-state index contributed by atoms with van der Waals surface area (Å²) >= 11 is 0. The van der Waals surface area contributed by atoms with Gasteiger partial charge in [-0.05, 0) is 49.3 Å². The molecule has 1 saturated carbocycles. The molecule has 0 radical (unpaired) electrons. The molecule has 3 heterocycles. The molecular weight excluding hydrogens is 475 g/mol. The normalized spacial score (nSPS) is 25.7. The second-order valence-electron chi connectivity index (χ2n) is 10.2. The van der Waals surface area contributed by atoms with Crippen molar-refractivity contribution in [1.29, 1.82) is 0 Å². The van der Waals surface area contributed by atoms with Crippen molar-refractivity contribution in [3.8, 4) is 0 Å². The van der Waals surface area contributed by atoms with Gasteiger partial charge in [0.05, 0.1) is 17.0 Å². The lowest BCUT2D eigenvalue weighted by Crippen LogP contribution is -2.77. The maximum atomic E-state index is 12.8. The molecule has 3 saturated heterocycles. The molecule has 12 heteroatoms. The van der Waals surface area contributed by atoms with E-state index in [4.69, 9.17) is 4.74 Å². The zero-order valence-corrected chi connectivity index (χ0v) is 19.3. The maximum absolute atomic E-state index is 12.8. The number of carbonyl (C=O) groups is 2. The number of hydrogen-bond acceptors (Lipinski definition) is 5. The fourth-order valence-electron chi connectivity index (χ4n) is 5.86. The molecule has 1 aromatic carbocycles. The van der Waals surface area contributed by atoms with Gasteiger partial charge in [-0.25, -0.2) is 13.2 Å². The molecule has 34 heavy (non-hydrogen) atoms. The zero-order chi connectivity index (χ0) is 24.4. The number of benzene rings is 1. The Morgan fingerprint density at radius 3 is 2.38 bits per heavy atom. The summed E-state index contributed by atoms with van der Waals surface area (Å²) < 4.78 is 66.5. The minimum atomic E-state index is -5.33. The van der Waals surface area contributed by atoms with Crippen LogP contribution in [0.2, 0.25) is 0 Å². The highest BCUT2D eigenvalue weighted by Gasteiger charge is 2.54. The number of amides is 3. The van der Waals surface area contributed by atoms with E-state index in [0.29, 0.717) is 45.1 Å². The summed E-state index contributed by atoms with van der Waals surface area (Å²) in [6, 6.07) is 4.92. The van der Waals surface area contributed by atoms with E-state index in [9.17, 15) is 31.2 Å². The largest absolute Gasteiger partial charge is 0.501 e. The summed E-state index contributed by atoms with van der Waals surface area (Å²) in [5.74, 6) is 0.180. The van der Waals surface area contributed by atoms with Gasteiger partial charge in [-0.1, -0.05) is 12.1 Å². The molecular formula is C22H26F3N3O5S. The number of alkyl halides is 3. The number of sulfone groups is 1. The third-order valence-corrected chi connectivity index (χ3v) is 8.97. The Balaban J connectivity index is 1.11. The van der Waals surface area contributed by atoms with E-state index < -0.39 is 25.8 Å². The van der Waals surface area contributed by atoms with E-state index in [0.717, 1.165) is 37.0 Å². The molecule has 0 unspecified atom stereocenters. The van der Waals surface area contributed by atoms with E-state index in [1.807, 2.05) is 4.90 Å². The number of morpholine rings is 1. The van der Waals surface area contributed by atoms with E-state index in [1.54, 1.807) is 4.90 Å². The zero-order valence-electron chi connectivity index (χ0n) is 18.4. The predicted molar refractivity (Wildman–Crippen MR) is 113 cm³/mol. The number of rotatable bonds is 3. The molecule has 4 fully saturated rings. The topological polar surface area (TPSA) is 96.0 Å². The van der Waals surface area contributed by atoms with Crippen molar-refractivity contribution >= 4 is 21.8 Å². The minimum absolute atomic E-state index is 0.0269. The fraction of sp³-hybridized carbons (Fsp3) is 0.636. The number of nitrogens with one attached hydrogen (secondary N) is 1. The first-order valence-corrected chi connectivity index (χ1v) is 12.7. The average molecular weight is 502 g/mol. The lowest BCUT2D eigenvalue weighted by Gasteiger charge is -2.56. The summed E-state index contributed by atoms with van der Waals surface area (Å²) in [5, 5.41) is 2.92. The van der Waals surface area contributed by atoms with E-state index >= 15 is 0 Å². The molecule has 3 aliphatic heterocycles. The Morgan fingerprint density at radius 1 is 1.12 bits per heavy atom. The lowest BCUT2D eigenvalue weighted by molar-refractivity contribution is -0.142. The molecule has 5 rings (SSSR count). The Bertz CT molecular complexity index is 1090. The molecule has 1 aromatic rings. The summed E-state index contributed by atoms with van der Waals surface area (Å²) in [5.41, 5.74) is -4.89. The van der Waals surface area contributed by atoms with Crippen molar-refractivity contribution in [2.75, 3.05) is 39.4 Å². The molecule has 186 valence electrons. The van der Waals surface area contributed by atoms with E-state index in [1.165, 1.54) is 12.1 Å². The van der Waals surface area contributed by atoms with Gasteiger partial charge in [0.2, 0.25) is 5.91 Å². The van der Waals surface area contributed by atoms with E-state index in [-0.39, 0.29) is 24.0 Å². The number of nitrogens with zero attached hydrogens (tertiary/aromatic N) is 2. The van der Waals surface area contributed by atoms with Crippen LogP contribution in [0.5, 0.6) is 0 Å². The van der Waals surface area contributed by atoms with Crippen LogP contribution in [0.25, 0.3) is 0 Å². The number of halogens is 3. The first-order chi connectivity index (χ1) is 15.9. The smallest absolute Gasteiger partial charge is 0.369 e. The van der Waals surface area contributed by atoms with Gasteiger partial charge in [0.15, 0.2) is 0 Å². The van der Waals surface area contributed by atoms with Crippen LogP contribution in [-0.2, 0) is 25.8 Å². The van der Waals surface area contributed by atoms with Crippen LogP contribution in [0, 0.1) is 11.3 Å². The standard InChI is InChI=1S/C22H26F3N3O5S/c23-22(24,25)34(31,32)17-3-1-15(2-4-17)7-16-5-6-20(8-16)10-27(11-20)19(30)28-12-21(13-28)14-33-9-18(29)26-21/h1-4,16H,5-14H2,(H,26,29)/t16-/m1/s1. The maximum Gasteiger partial charge on any atom is 0.501 e. The molecule has 4 aliphatic rings. The highest BCUT2D eigenvalue weighted by molar-refractivity contribution is 7.92. The van der Waals surface area contributed by atoms with Crippen LogP contribution in [0.15, 0.2) is 29.2 Å². The van der Waals surface area contributed by atoms with Gasteiger partial charge in [-0.2, -0.15) is 13.2 Å². The molecule has 2 spiro atoms. The van der Waals surface area contributed by atoms with Crippen LogP contribution in [0.4, 0.5) is 18.0 Å². The van der Waals surface area contributed by atoms with Crippen molar-refractivity contribution in [3.63, 3.8) is 0 Å². The third kappa shape index (κ3) is 4.04. The molecule has 1 N–H and O–H groups in total. The van der Waals surface area contributed by atoms with Crippen molar-refractivity contribution < 1.29 is 35.9 Å². The average Bonchev–Trinajstić information content (AvgIpc) is 3.14. The number of ether oxygens (including phenoxy) is 1. The van der Waals surface area contributed by atoms with Gasteiger partial charge in [0, 0.05) is 31.6 Å². The number of likely N-dealkylation sites (tertiary alicyclic amines) is 2. The second kappa shape index (κ2) is 7.84. The van der Waals surface area contributed by atoms with Gasteiger partial charge < -0.3 is 19.9 Å². The lowest BCUT2D eigenvalue weighted by atomic mass is 9.77. The van der Waals surface area contributed by atoms with Crippen LogP contribution in [0.1, 0.15) is 24.8 Å². The van der Waals surface area contributed by atoms with Crippen molar-refractivity contribution in [1.82, 2.24) is 15.1 Å². The number of carbonyl (C=O) groups excluding carboxylic acids is 2. The Labute approximate surface area is 195 Å². The highest BCUT2D eigenvalue weighted by atomic mass is 32.2. The second-order valence-corrected chi connectivity index (χ2v) is 12.2.